The van der Waals surface area contributed by atoms with E-state index in [0.29, 0.717) is 32.1 Å². The van der Waals surface area contributed by atoms with Crippen molar-refractivity contribution in [3.63, 3.8) is 0 Å². The number of H-pyrrole nitrogens is 1. The molecule has 2 atom stereocenters. The van der Waals surface area contributed by atoms with Crippen LogP contribution in [0, 0.1) is 0 Å². The normalized spacial score (nSPS) is 21.3. The number of hydrogen-bond acceptors (Lipinski definition) is 7. The Labute approximate surface area is 228 Å². The number of aryl methyl sites for hydroxylation is 2. The van der Waals surface area contributed by atoms with Gasteiger partial charge in [-0.2, -0.15) is 10.2 Å². The van der Waals surface area contributed by atoms with Crippen molar-refractivity contribution < 1.29 is 13.7 Å². The second-order valence-electron chi connectivity index (χ2n) is 10.7. The van der Waals surface area contributed by atoms with E-state index in [9.17, 15) is 4.21 Å². The Balaban J connectivity index is 1.42. The molecule has 39 heavy (non-hydrogen) atoms. The first-order valence-corrected chi connectivity index (χ1v) is 15.0. The van der Waals surface area contributed by atoms with Gasteiger partial charge in [0.1, 0.15) is 12.2 Å². The maximum atomic E-state index is 12.3. The minimum atomic E-state index is -2.23. The third kappa shape index (κ3) is 4.83. The summed E-state index contributed by atoms with van der Waals surface area (Å²) >= 11 is 0. The fourth-order valence-electron chi connectivity index (χ4n) is 5.18. The highest BCUT2D eigenvalue weighted by molar-refractivity contribution is 7.97. The first kappa shape index (κ1) is 25.7. The van der Waals surface area contributed by atoms with Crippen molar-refractivity contribution >= 4 is 38.6 Å². The molecule has 12 heteroatoms. The minimum absolute atomic E-state index is 0.0852. The van der Waals surface area contributed by atoms with E-state index >= 15 is 0 Å². The fraction of sp³-hybridized carbons (Fsp3) is 0.407. The highest BCUT2D eigenvalue weighted by Crippen LogP contribution is 2.34. The summed E-state index contributed by atoms with van der Waals surface area (Å²) in [4.78, 5) is 2.22. The Morgan fingerprint density at radius 3 is 2.72 bits per heavy atom. The van der Waals surface area contributed by atoms with Crippen LogP contribution in [0.3, 0.4) is 0 Å². The van der Waals surface area contributed by atoms with Gasteiger partial charge in [0.25, 0.3) is 0 Å². The highest BCUT2D eigenvalue weighted by Gasteiger charge is 2.33. The lowest BCUT2D eigenvalue weighted by Crippen LogP contribution is -2.55. The second kappa shape index (κ2) is 9.54. The van der Waals surface area contributed by atoms with Crippen LogP contribution in [0.15, 0.2) is 24.4 Å². The summed E-state index contributed by atoms with van der Waals surface area (Å²) in [7, 11) is 3.67. The lowest BCUT2D eigenvalue weighted by molar-refractivity contribution is 0.0749. The van der Waals surface area contributed by atoms with E-state index in [1.54, 1.807) is 10.9 Å². The van der Waals surface area contributed by atoms with Gasteiger partial charge < -0.3 is 9.47 Å². The Hall–Kier alpha value is -3.61. The van der Waals surface area contributed by atoms with Crippen molar-refractivity contribution in [3.05, 3.63) is 41.3 Å². The van der Waals surface area contributed by atoms with Crippen molar-refractivity contribution in [1.82, 2.24) is 39.0 Å². The van der Waals surface area contributed by atoms with E-state index in [-0.39, 0.29) is 12.2 Å². The van der Waals surface area contributed by atoms with Gasteiger partial charge in [-0.25, -0.2) is 8.99 Å². The van der Waals surface area contributed by atoms with Gasteiger partial charge in [-0.1, -0.05) is 6.07 Å². The monoisotopic (exact) mass is 550 g/mol. The molecular weight excluding hydrogens is 516 g/mol. The lowest BCUT2D eigenvalue weighted by atomic mass is 10.1. The van der Waals surface area contributed by atoms with Gasteiger partial charge in [0, 0.05) is 61.6 Å². The second-order valence-corrected chi connectivity index (χ2v) is 13.1. The third-order valence-electron chi connectivity index (χ3n) is 7.31. The van der Waals surface area contributed by atoms with E-state index < -0.39 is 9.71 Å². The summed E-state index contributed by atoms with van der Waals surface area (Å²) in [5.74, 6) is 5.07. The molecule has 2 aliphatic heterocycles. The summed E-state index contributed by atoms with van der Waals surface area (Å²) in [6.45, 7) is 4.53. The molecule has 2 bridgehead atoms. The van der Waals surface area contributed by atoms with Gasteiger partial charge in [-0.05, 0) is 49.7 Å². The molecule has 0 aliphatic carbocycles. The summed E-state index contributed by atoms with van der Waals surface area (Å²) < 4.78 is 30.5. The quantitative estimate of drug-likeness (QED) is 0.391. The van der Waals surface area contributed by atoms with Crippen LogP contribution < -0.4 is 9.47 Å². The van der Waals surface area contributed by atoms with Crippen LogP contribution >= 0.6 is 0 Å². The molecule has 0 spiro atoms. The molecule has 2 aliphatic rings. The number of aromatic amines is 1. The van der Waals surface area contributed by atoms with Crippen LogP contribution in [0.25, 0.3) is 34.2 Å². The number of likely N-dealkylation sites (N-methyl/N-ethyl adjacent to an activating group) is 1. The molecule has 5 heterocycles. The third-order valence-corrected chi connectivity index (χ3v) is 8.70. The van der Waals surface area contributed by atoms with Crippen molar-refractivity contribution in [3.8, 4) is 22.9 Å². The summed E-state index contributed by atoms with van der Waals surface area (Å²) in [5.41, 5.74) is 5.63. The SMILES string of the molecule is C=S(C)(=O)N1CC(Oc2nn(C)c3c2/C=C\c2[nH]nc4ccc(cc24)-c2cnn(C)c2O[C@@H](C)CN(C)C3)C1. The van der Waals surface area contributed by atoms with Gasteiger partial charge >= 0.3 is 0 Å². The molecule has 1 unspecified atom stereocenters. The number of aromatic nitrogens is 6. The molecule has 1 N–H and O–H groups in total. The zero-order valence-electron chi connectivity index (χ0n) is 22.9. The maximum Gasteiger partial charge on any atom is 0.240 e. The van der Waals surface area contributed by atoms with Gasteiger partial charge in [-0.15, -0.1) is 5.10 Å². The topological polar surface area (TPSA) is 106 Å². The van der Waals surface area contributed by atoms with E-state index in [1.165, 1.54) is 0 Å². The Bertz CT molecular complexity index is 1680. The lowest BCUT2D eigenvalue weighted by Gasteiger charge is -2.38. The molecule has 206 valence electrons. The van der Waals surface area contributed by atoms with E-state index in [2.05, 4.69) is 46.1 Å². The number of hydrogen-bond donors (Lipinski definition) is 1. The van der Waals surface area contributed by atoms with Crippen LogP contribution in [0.2, 0.25) is 0 Å². The molecule has 6 rings (SSSR count). The molecule has 0 saturated carbocycles. The molecular formula is C27H34N8O3S. The maximum absolute atomic E-state index is 12.3. The highest BCUT2D eigenvalue weighted by atomic mass is 32.2. The fourth-order valence-corrected chi connectivity index (χ4v) is 6.14. The smallest absolute Gasteiger partial charge is 0.240 e. The Morgan fingerprint density at radius 1 is 1.15 bits per heavy atom. The van der Waals surface area contributed by atoms with Crippen LogP contribution in [0.4, 0.5) is 0 Å². The number of rotatable bonds is 3. The van der Waals surface area contributed by atoms with Gasteiger partial charge in [0.05, 0.1) is 34.2 Å². The number of nitrogens with one attached hydrogen (secondary N) is 1. The molecule has 11 nitrogen and oxygen atoms in total. The predicted molar refractivity (Wildman–Crippen MR) is 154 cm³/mol. The average molecular weight is 551 g/mol. The first-order chi connectivity index (χ1) is 18.6. The standard InChI is InChI=1S/C27H34N8O3S/c1-17-13-32(2)16-25-20(26(31-33(25)3)38-19-14-35(15-19)39(5,6)36)8-10-24-21-11-18(7-9-23(21)29-30-24)22-12-28-34(4)27(22)37-17/h7-12,17,19H,5,13-16H2,1-4,6H3,(H,29,30)/b10-8-/t17-,39?/m0/s1. The van der Waals surface area contributed by atoms with Crippen LogP contribution in [-0.4, -0.2) is 94.2 Å². The van der Waals surface area contributed by atoms with Gasteiger partial charge in [0.2, 0.25) is 11.8 Å². The molecule has 0 amide bonds. The van der Waals surface area contributed by atoms with E-state index in [4.69, 9.17) is 14.6 Å². The largest absolute Gasteiger partial charge is 0.473 e. The van der Waals surface area contributed by atoms with Crippen molar-refractivity contribution in [2.75, 3.05) is 32.9 Å². The summed E-state index contributed by atoms with van der Waals surface area (Å²) in [6.07, 6.45) is 7.39. The molecule has 4 aromatic rings. The van der Waals surface area contributed by atoms with Crippen LogP contribution in [0.1, 0.15) is 23.9 Å². The van der Waals surface area contributed by atoms with Crippen LogP contribution in [-0.2, 0) is 30.3 Å². The molecule has 0 radical (unpaired) electrons. The van der Waals surface area contributed by atoms with E-state index in [0.717, 1.165) is 44.9 Å². The predicted octanol–water partition coefficient (Wildman–Crippen LogP) is 2.40. The zero-order valence-corrected chi connectivity index (χ0v) is 23.7. The van der Waals surface area contributed by atoms with Crippen molar-refractivity contribution in [2.45, 2.75) is 25.7 Å². The van der Waals surface area contributed by atoms with Gasteiger partial charge in [0.15, 0.2) is 0 Å². The molecule has 1 saturated heterocycles. The molecule has 1 fully saturated rings. The van der Waals surface area contributed by atoms with Crippen molar-refractivity contribution in [2.24, 2.45) is 14.1 Å². The number of benzene rings is 1. The first-order valence-electron chi connectivity index (χ1n) is 12.9. The zero-order chi connectivity index (χ0) is 27.5. The van der Waals surface area contributed by atoms with Crippen LogP contribution in [0.5, 0.6) is 11.8 Å². The number of nitrogens with zero attached hydrogens (tertiary/aromatic N) is 7. The number of fused-ring (bicyclic) bond motifs is 4. The summed E-state index contributed by atoms with van der Waals surface area (Å²) in [5, 5.41) is 17.9. The number of ether oxygens (including phenoxy) is 2. The minimum Gasteiger partial charge on any atom is -0.473 e. The summed E-state index contributed by atoms with van der Waals surface area (Å²) in [6, 6.07) is 6.17. The van der Waals surface area contributed by atoms with E-state index in [1.807, 2.05) is 53.6 Å². The van der Waals surface area contributed by atoms with Gasteiger partial charge in [-0.3, -0.25) is 18.9 Å². The molecule has 3 aromatic heterocycles. The Morgan fingerprint density at radius 2 is 1.95 bits per heavy atom. The van der Waals surface area contributed by atoms with Crippen molar-refractivity contribution in [1.29, 1.82) is 0 Å². The molecule has 1 aromatic carbocycles. The Kier molecular flexibility index (Phi) is 6.28. The average Bonchev–Trinajstić information content (AvgIpc) is 3.49.